The van der Waals surface area contributed by atoms with Gasteiger partial charge in [0.05, 0.1) is 7.11 Å². The van der Waals surface area contributed by atoms with Gasteiger partial charge in [0.2, 0.25) is 0 Å². The highest BCUT2D eigenvalue weighted by Crippen LogP contribution is 2.38. The van der Waals surface area contributed by atoms with Crippen LogP contribution in [-0.4, -0.2) is 19.1 Å². The average molecular weight is 331 g/mol. The molecule has 0 saturated heterocycles. The molecule has 2 atom stereocenters. The number of benzene rings is 2. The van der Waals surface area contributed by atoms with Gasteiger partial charge in [0, 0.05) is 5.92 Å². The fraction of sp³-hybridized carbons (Fsp3) is 0.316. The molecule has 0 aromatic heterocycles. The van der Waals surface area contributed by atoms with Crippen molar-refractivity contribution in [2.24, 2.45) is 5.73 Å². The zero-order chi connectivity index (χ0) is 17.3. The lowest BCUT2D eigenvalue weighted by Crippen LogP contribution is -2.33. The third-order valence-electron chi connectivity index (χ3n) is 4.65. The van der Waals surface area contributed by atoms with E-state index in [9.17, 15) is 13.6 Å². The van der Waals surface area contributed by atoms with E-state index in [1.807, 2.05) is 24.3 Å². The summed E-state index contributed by atoms with van der Waals surface area (Å²) in [6, 6.07) is 9.47. The average Bonchev–Trinajstić information content (AvgIpc) is 2.73. The van der Waals surface area contributed by atoms with Gasteiger partial charge in [0.15, 0.2) is 11.6 Å². The minimum atomic E-state index is -0.884. The number of rotatable bonds is 3. The highest BCUT2D eigenvalue weighted by Gasteiger charge is 2.29. The molecule has 1 aliphatic rings. The lowest BCUT2D eigenvalue weighted by atomic mass is 9.83. The van der Waals surface area contributed by atoms with Gasteiger partial charge in [-0.25, -0.2) is 8.78 Å². The Balaban J connectivity index is 2.10. The zero-order valence-electron chi connectivity index (χ0n) is 13.4. The SMILES string of the molecule is COC(=O)C(N)CC1c2ccccc2CCc2cc(F)c(F)cc21. The van der Waals surface area contributed by atoms with Crippen molar-refractivity contribution in [1.82, 2.24) is 0 Å². The van der Waals surface area contributed by atoms with Gasteiger partial charge < -0.3 is 10.5 Å². The number of nitrogens with two attached hydrogens (primary N) is 1. The first-order valence-corrected chi connectivity index (χ1v) is 7.90. The van der Waals surface area contributed by atoms with E-state index in [1.54, 1.807) is 0 Å². The van der Waals surface area contributed by atoms with Gasteiger partial charge in [-0.15, -0.1) is 0 Å². The predicted molar refractivity (Wildman–Crippen MR) is 86.7 cm³/mol. The van der Waals surface area contributed by atoms with Crippen LogP contribution in [0, 0.1) is 11.6 Å². The van der Waals surface area contributed by atoms with Crippen LogP contribution in [0.3, 0.4) is 0 Å². The Bertz CT molecular complexity index is 776. The monoisotopic (exact) mass is 331 g/mol. The standard InChI is InChI=1S/C19H19F2NO2/c1-24-19(23)18(22)10-15-13-5-3-2-4-11(13)6-7-12-8-16(20)17(21)9-14(12)15/h2-5,8-9,15,18H,6-7,10,22H2,1H3. The summed E-state index contributed by atoms with van der Waals surface area (Å²) in [5.41, 5.74) is 9.51. The molecule has 0 saturated carbocycles. The number of fused-ring (bicyclic) bond motifs is 2. The van der Waals surface area contributed by atoms with Crippen LogP contribution in [0.25, 0.3) is 0 Å². The van der Waals surface area contributed by atoms with E-state index in [-0.39, 0.29) is 12.3 Å². The lowest BCUT2D eigenvalue weighted by Gasteiger charge is -2.23. The number of halogens is 2. The van der Waals surface area contributed by atoms with E-state index in [2.05, 4.69) is 0 Å². The highest BCUT2D eigenvalue weighted by atomic mass is 19.2. The van der Waals surface area contributed by atoms with Crippen LogP contribution in [-0.2, 0) is 22.4 Å². The van der Waals surface area contributed by atoms with E-state index in [0.29, 0.717) is 12.0 Å². The molecule has 0 fully saturated rings. The van der Waals surface area contributed by atoms with Crippen molar-refractivity contribution in [3.63, 3.8) is 0 Å². The summed E-state index contributed by atoms with van der Waals surface area (Å²) < 4.78 is 32.2. The van der Waals surface area contributed by atoms with Crippen molar-refractivity contribution in [3.05, 3.63) is 70.3 Å². The summed E-state index contributed by atoms with van der Waals surface area (Å²) in [7, 11) is 1.28. The maximum atomic E-state index is 13.9. The van der Waals surface area contributed by atoms with Crippen LogP contribution < -0.4 is 5.73 Å². The fourth-order valence-electron chi connectivity index (χ4n) is 3.44. The van der Waals surface area contributed by atoms with E-state index in [4.69, 9.17) is 10.5 Å². The van der Waals surface area contributed by atoms with Gasteiger partial charge in [0.1, 0.15) is 6.04 Å². The summed E-state index contributed by atoms with van der Waals surface area (Å²) in [6.45, 7) is 0. The predicted octanol–water partition coefficient (Wildman–Crippen LogP) is 3.09. The first-order chi connectivity index (χ1) is 11.5. The minimum absolute atomic E-state index is 0.275. The topological polar surface area (TPSA) is 52.3 Å². The molecule has 0 amide bonds. The molecule has 0 radical (unpaired) electrons. The van der Waals surface area contributed by atoms with Crippen LogP contribution in [0.1, 0.15) is 34.6 Å². The summed E-state index contributed by atoms with van der Waals surface area (Å²) >= 11 is 0. The number of carbonyl (C=O) groups excluding carboxylic acids is 1. The maximum absolute atomic E-state index is 13.9. The largest absolute Gasteiger partial charge is 0.468 e. The number of aryl methyl sites for hydroxylation is 2. The van der Waals surface area contributed by atoms with Gasteiger partial charge in [-0.3, -0.25) is 4.79 Å². The van der Waals surface area contributed by atoms with Crippen molar-refractivity contribution >= 4 is 5.97 Å². The smallest absolute Gasteiger partial charge is 0.322 e. The van der Waals surface area contributed by atoms with Crippen LogP contribution in [0.15, 0.2) is 36.4 Å². The Hall–Kier alpha value is -2.27. The van der Waals surface area contributed by atoms with Crippen molar-refractivity contribution in [3.8, 4) is 0 Å². The second-order valence-corrected chi connectivity index (χ2v) is 6.08. The van der Waals surface area contributed by atoms with Gasteiger partial charge in [-0.05, 0) is 53.6 Å². The molecule has 2 unspecified atom stereocenters. The summed E-state index contributed by atoms with van der Waals surface area (Å²) in [6.07, 6.45) is 1.63. The number of hydrogen-bond donors (Lipinski definition) is 1. The summed E-state index contributed by atoms with van der Waals surface area (Å²) in [5, 5.41) is 0. The van der Waals surface area contributed by atoms with Crippen molar-refractivity contribution in [1.29, 1.82) is 0 Å². The minimum Gasteiger partial charge on any atom is -0.468 e. The number of carbonyl (C=O) groups is 1. The lowest BCUT2D eigenvalue weighted by molar-refractivity contribution is -0.142. The molecule has 3 rings (SSSR count). The molecule has 2 aromatic rings. The molecule has 0 heterocycles. The molecule has 5 heteroatoms. The molecular weight excluding hydrogens is 312 g/mol. The second-order valence-electron chi connectivity index (χ2n) is 6.08. The number of methoxy groups -OCH3 is 1. The summed E-state index contributed by atoms with van der Waals surface area (Å²) in [5.74, 6) is -2.52. The highest BCUT2D eigenvalue weighted by molar-refractivity contribution is 5.75. The normalized spacial score (nSPS) is 17.4. The Morgan fingerprint density at radius 1 is 1.17 bits per heavy atom. The Labute approximate surface area is 139 Å². The molecule has 1 aliphatic carbocycles. The van der Waals surface area contributed by atoms with E-state index >= 15 is 0 Å². The van der Waals surface area contributed by atoms with E-state index in [1.165, 1.54) is 19.2 Å². The van der Waals surface area contributed by atoms with Crippen LogP contribution in [0.5, 0.6) is 0 Å². The third kappa shape index (κ3) is 3.04. The maximum Gasteiger partial charge on any atom is 0.322 e. The number of hydrogen-bond acceptors (Lipinski definition) is 3. The fourth-order valence-corrected chi connectivity index (χ4v) is 3.44. The molecule has 24 heavy (non-hydrogen) atoms. The number of ether oxygens (including phenoxy) is 1. The molecule has 0 bridgehead atoms. The van der Waals surface area contributed by atoms with Crippen LogP contribution in [0.2, 0.25) is 0 Å². The van der Waals surface area contributed by atoms with Crippen molar-refractivity contribution < 1.29 is 18.3 Å². The van der Waals surface area contributed by atoms with Gasteiger partial charge in [-0.2, -0.15) is 0 Å². The Kier molecular flexibility index (Phi) is 4.62. The number of esters is 1. The molecule has 0 spiro atoms. The summed E-state index contributed by atoms with van der Waals surface area (Å²) in [4.78, 5) is 11.7. The van der Waals surface area contributed by atoms with Gasteiger partial charge in [-0.1, -0.05) is 24.3 Å². The van der Waals surface area contributed by atoms with Crippen molar-refractivity contribution in [2.75, 3.05) is 7.11 Å². The van der Waals surface area contributed by atoms with Crippen LogP contribution >= 0.6 is 0 Å². The Morgan fingerprint density at radius 3 is 2.58 bits per heavy atom. The molecule has 3 nitrogen and oxygen atoms in total. The van der Waals surface area contributed by atoms with E-state index in [0.717, 1.165) is 23.1 Å². The first-order valence-electron chi connectivity index (χ1n) is 7.90. The van der Waals surface area contributed by atoms with Crippen molar-refractivity contribution in [2.45, 2.75) is 31.2 Å². The molecule has 0 aliphatic heterocycles. The van der Waals surface area contributed by atoms with E-state index < -0.39 is 23.6 Å². The quantitative estimate of drug-likeness (QED) is 0.880. The third-order valence-corrected chi connectivity index (χ3v) is 4.65. The second kappa shape index (κ2) is 6.69. The zero-order valence-corrected chi connectivity index (χ0v) is 13.4. The first kappa shape index (κ1) is 16.6. The molecule has 126 valence electrons. The van der Waals surface area contributed by atoms with Gasteiger partial charge >= 0.3 is 5.97 Å². The molecule has 2 N–H and O–H groups in total. The van der Waals surface area contributed by atoms with Crippen LogP contribution in [0.4, 0.5) is 8.78 Å². The van der Waals surface area contributed by atoms with Gasteiger partial charge in [0.25, 0.3) is 0 Å². The molecular formula is C19H19F2NO2. The Morgan fingerprint density at radius 2 is 1.83 bits per heavy atom. The molecule has 2 aromatic carbocycles.